The number of nitrogens with zero attached hydrogens (tertiary/aromatic N) is 5. The molecule has 9 heteroatoms. The molecule has 198 valence electrons. The summed E-state index contributed by atoms with van der Waals surface area (Å²) >= 11 is 0. The van der Waals surface area contributed by atoms with E-state index in [0.29, 0.717) is 11.6 Å². The van der Waals surface area contributed by atoms with Crippen LogP contribution in [0.4, 0.5) is 0 Å². The van der Waals surface area contributed by atoms with Gasteiger partial charge in [-0.3, -0.25) is 19.4 Å². The molecule has 1 amide bonds. The normalized spacial score (nSPS) is 18.0. The molecule has 1 unspecified atom stereocenters. The summed E-state index contributed by atoms with van der Waals surface area (Å²) < 4.78 is 7.64. The van der Waals surface area contributed by atoms with Crippen molar-refractivity contribution in [2.75, 3.05) is 26.2 Å². The summed E-state index contributed by atoms with van der Waals surface area (Å²) in [5, 5.41) is 13.2. The van der Waals surface area contributed by atoms with Gasteiger partial charge in [-0.15, -0.1) is 0 Å². The zero-order valence-electron chi connectivity index (χ0n) is 21.9. The van der Waals surface area contributed by atoms with E-state index in [1.54, 1.807) is 6.20 Å². The second-order valence-electron chi connectivity index (χ2n) is 10.5. The molecule has 5 heterocycles. The molecule has 0 saturated carbocycles. The molecule has 0 spiro atoms. The first-order valence-corrected chi connectivity index (χ1v) is 13.7. The fourth-order valence-electron chi connectivity index (χ4n) is 5.69. The van der Waals surface area contributed by atoms with Crippen LogP contribution in [0.3, 0.4) is 0 Å². The van der Waals surface area contributed by atoms with Crippen molar-refractivity contribution >= 4 is 16.7 Å². The predicted molar refractivity (Wildman–Crippen MR) is 145 cm³/mol. The van der Waals surface area contributed by atoms with Gasteiger partial charge < -0.3 is 15.1 Å². The number of oxazole rings is 1. The SMILES string of the molecule is Cn1ncc(-c2ccc3cnc(C(NC(=O)C4CCNCC4)c4ncco4)cc3c2)c1CN1CCCCC1. The van der Waals surface area contributed by atoms with Crippen molar-refractivity contribution in [2.24, 2.45) is 13.0 Å². The van der Waals surface area contributed by atoms with Gasteiger partial charge in [0.25, 0.3) is 0 Å². The number of likely N-dealkylation sites (tertiary alicyclic amines) is 1. The van der Waals surface area contributed by atoms with Crippen LogP contribution < -0.4 is 10.6 Å². The minimum atomic E-state index is -0.548. The molecule has 2 aliphatic heterocycles. The quantitative estimate of drug-likeness (QED) is 0.387. The Morgan fingerprint density at radius 2 is 1.95 bits per heavy atom. The third kappa shape index (κ3) is 5.21. The van der Waals surface area contributed by atoms with Crippen LogP contribution in [0.2, 0.25) is 0 Å². The Kier molecular flexibility index (Phi) is 7.20. The number of fused-ring (bicyclic) bond motifs is 1. The van der Waals surface area contributed by atoms with Crippen LogP contribution >= 0.6 is 0 Å². The molecule has 1 atom stereocenters. The van der Waals surface area contributed by atoms with Crippen molar-refractivity contribution < 1.29 is 9.21 Å². The number of aromatic nitrogens is 4. The molecule has 2 saturated heterocycles. The van der Waals surface area contributed by atoms with Gasteiger partial charge in [0.2, 0.25) is 11.8 Å². The van der Waals surface area contributed by atoms with Gasteiger partial charge in [0.15, 0.2) is 0 Å². The van der Waals surface area contributed by atoms with Crippen molar-refractivity contribution in [2.45, 2.75) is 44.7 Å². The van der Waals surface area contributed by atoms with Crippen molar-refractivity contribution in [3.05, 3.63) is 66.4 Å². The molecule has 1 aromatic carbocycles. The highest BCUT2D eigenvalue weighted by Crippen LogP contribution is 2.30. The lowest BCUT2D eigenvalue weighted by Crippen LogP contribution is -2.40. The van der Waals surface area contributed by atoms with Gasteiger partial charge >= 0.3 is 0 Å². The van der Waals surface area contributed by atoms with E-state index in [0.717, 1.165) is 67.5 Å². The van der Waals surface area contributed by atoms with E-state index in [4.69, 9.17) is 9.40 Å². The lowest BCUT2D eigenvalue weighted by Gasteiger charge is -2.26. The zero-order chi connectivity index (χ0) is 25.9. The van der Waals surface area contributed by atoms with Gasteiger partial charge in [0.05, 0.1) is 23.8 Å². The topological polar surface area (TPSA) is 101 Å². The van der Waals surface area contributed by atoms with Gasteiger partial charge in [-0.2, -0.15) is 5.10 Å². The van der Waals surface area contributed by atoms with Crippen molar-refractivity contribution in [1.82, 2.24) is 35.3 Å². The van der Waals surface area contributed by atoms with Crippen LogP contribution in [-0.4, -0.2) is 56.7 Å². The summed E-state index contributed by atoms with van der Waals surface area (Å²) in [5.41, 5.74) is 4.22. The van der Waals surface area contributed by atoms with Gasteiger partial charge in [-0.25, -0.2) is 4.98 Å². The van der Waals surface area contributed by atoms with Crippen molar-refractivity contribution in [3.63, 3.8) is 0 Å². The van der Waals surface area contributed by atoms with Gasteiger partial charge in [0, 0.05) is 36.7 Å². The lowest BCUT2D eigenvalue weighted by molar-refractivity contribution is -0.126. The average Bonchev–Trinajstić information content (AvgIpc) is 3.62. The molecule has 2 fully saturated rings. The molecule has 9 nitrogen and oxygen atoms in total. The van der Waals surface area contributed by atoms with Crippen molar-refractivity contribution in [1.29, 1.82) is 0 Å². The number of carbonyl (C=O) groups excluding carboxylic acids is 1. The maximum atomic E-state index is 13.1. The maximum Gasteiger partial charge on any atom is 0.224 e. The van der Waals surface area contributed by atoms with Gasteiger partial charge in [0.1, 0.15) is 12.3 Å². The molecule has 0 aliphatic carbocycles. The van der Waals surface area contributed by atoms with Crippen LogP contribution in [0.1, 0.15) is 55.4 Å². The molecule has 0 radical (unpaired) electrons. The Hall–Kier alpha value is -3.56. The number of pyridine rings is 1. The summed E-state index contributed by atoms with van der Waals surface area (Å²) in [7, 11) is 2.03. The molecular formula is C29H35N7O2. The number of hydrogen-bond acceptors (Lipinski definition) is 7. The second-order valence-corrected chi connectivity index (χ2v) is 10.5. The maximum absolute atomic E-state index is 13.1. The summed E-state index contributed by atoms with van der Waals surface area (Å²) in [5.74, 6) is 0.430. The number of aryl methyl sites for hydroxylation is 1. The summed E-state index contributed by atoms with van der Waals surface area (Å²) in [4.78, 5) is 24.7. The Bertz CT molecular complexity index is 1390. The number of nitrogens with one attached hydrogen (secondary N) is 2. The van der Waals surface area contributed by atoms with Gasteiger partial charge in [-0.1, -0.05) is 18.6 Å². The third-order valence-corrected chi connectivity index (χ3v) is 7.93. The Morgan fingerprint density at radius 3 is 2.74 bits per heavy atom. The van der Waals surface area contributed by atoms with Crippen LogP contribution in [0, 0.1) is 5.92 Å². The third-order valence-electron chi connectivity index (χ3n) is 7.93. The first-order chi connectivity index (χ1) is 18.7. The molecule has 2 N–H and O–H groups in total. The smallest absolute Gasteiger partial charge is 0.224 e. The predicted octanol–water partition coefficient (Wildman–Crippen LogP) is 3.81. The Balaban J connectivity index is 1.31. The van der Waals surface area contributed by atoms with E-state index in [-0.39, 0.29) is 11.8 Å². The zero-order valence-corrected chi connectivity index (χ0v) is 21.9. The molecular weight excluding hydrogens is 478 g/mol. The fraction of sp³-hybridized carbons (Fsp3) is 0.448. The molecule has 0 bridgehead atoms. The number of hydrogen-bond donors (Lipinski definition) is 2. The highest BCUT2D eigenvalue weighted by Gasteiger charge is 2.28. The van der Waals surface area contributed by atoms with Crippen LogP contribution in [0.25, 0.3) is 21.9 Å². The minimum Gasteiger partial charge on any atom is -0.446 e. The van der Waals surface area contributed by atoms with E-state index in [9.17, 15) is 4.79 Å². The van der Waals surface area contributed by atoms with Crippen molar-refractivity contribution in [3.8, 4) is 11.1 Å². The fourth-order valence-corrected chi connectivity index (χ4v) is 5.69. The van der Waals surface area contributed by atoms with E-state index in [1.165, 1.54) is 31.2 Å². The number of benzene rings is 1. The number of carbonyl (C=O) groups is 1. The Labute approximate surface area is 222 Å². The summed E-state index contributed by atoms with van der Waals surface area (Å²) in [6, 6.07) is 7.93. The molecule has 6 rings (SSSR count). The lowest BCUT2D eigenvalue weighted by atomic mass is 9.96. The largest absolute Gasteiger partial charge is 0.446 e. The standard InChI is InChI=1S/C29H35N7O2/c1-35-26(19-36-12-3-2-4-13-36)24(18-33-35)21-5-6-22-17-32-25(16-23(22)15-21)27(29-31-11-14-38-29)34-28(37)20-7-9-30-10-8-20/h5-6,11,14-18,20,27,30H,2-4,7-10,12-13,19H2,1H3,(H,34,37). The van der Waals surface area contributed by atoms with Crippen LogP contribution in [0.5, 0.6) is 0 Å². The number of rotatable bonds is 7. The minimum absolute atomic E-state index is 0.0167. The number of amides is 1. The molecule has 3 aromatic heterocycles. The average molecular weight is 514 g/mol. The van der Waals surface area contributed by atoms with Crippen LogP contribution in [0.15, 0.2) is 53.5 Å². The highest BCUT2D eigenvalue weighted by atomic mass is 16.3. The number of piperidine rings is 2. The Morgan fingerprint density at radius 1 is 1.11 bits per heavy atom. The summed E-state index contributed by atoms with van der Waals surface area (Å²) in [6.45, 7) is 4.89. The monoisotopic (exact) mass is 513 g/mol. The van der Waals surface area contributed by atoms with E-state index >= 15 is 0 Å². The van der Waals surface area contributed by atoms with E-state index in [2.05, 4.69) is 43.8 Å². The van der Waals surface area contributed by atoms with E-state index in [1.807, 2.05) is 30.2 Å². The van der Waals surface area contributed by atoms with E-state index < -0.39 is 6.04 Å². The highest BCUT2D eigenvalue weighted by molar-refractivity contribution is 5.87. The molecule has 38 heavy (non-hydrogen) atoms. The van der Waals surface area contributed by atoms with Crippen LogP contribution in [-0.2, 0) is 18.4 Å². The molecule has 2 aliphatic rings. The first kappa shape index (κ1) is 24.8. The first-order valence-electron chi connectivity index (χ1n) is 13.7. The second kappa shape index (κ2) is 11.0. The molecule has 4 aromatic rings. The summed E-state index contributed by atoms with van der Waals surface area (Å²) in [6.07, 6.45) is 12.5. The van der Waals surface area contributed by atoms with Gasteiger partial charge in [-0.05, 0) is 74.9 Å².